The summed E-state index contributed by atoms with van der Waals surface area (Å²) in [6.45, 7) is 1.33. The van der Waals surface area contributed by atoms with Gasteiger partial charge in [-0.3, -0.25) is 9.48 Å². The van der Waals surface area contributed by atoms with Crippen molar-refractivity contribution in [3.63, 3.8) is 0 Å². The van der Waals surface area contributed by atoms with E-state index in [0.717, 1.165) is 28.2 Å². The number of carbonyl (C=O) groups excluding carboxylic acids is 1. The maximum atomic E-state index is 12.7. The van der Waals surface area contributed by atoms with Crippen molar-refractivity contribution in [2.75, 3.05) is 18.5 Å². The largest absolute Gasteiger partial charge is 0.385 e. The standard InChI is InChI=1S/C21H28BrN3O3/c22-16-8-5-9-17-19(16)20(24-25(17)11-10-21(27)13-28-14-21)23-18(26)12-15-6-3-1-2-4-7-15/h5,8-9,15,27H,1-4,6-7,10-14H2,(H,23,24,26). The van der Waals surface area contributed by atoms with E-state index in [2.05, 4.69) is 26.3 Å². The van der Waals surface area contributed by atoms with Crippen LogP contribution in [0.5, 0.6) is 0 Å². The van der Waals surface area contributed by atoms with Gasteiger partial charge in [-0.2, -0.15) is 5.10 Å². The number of ether oxygens (including phenoxy) is 1. The number of halogens is 1. The molecule has 1 saturated heterocycles. The number of amides is 1. The highest BCUT2D eigenvalue weighted by Crippen LogP contribution is 2.32. The Morgan fingerprint density at radius 1 is 1.29 bits per heavy atom. The molecule has 1 amide bonds. The van der Waals surface area contributed by atoms with E-state index in [1.54, 1.807) is 0 Å². The molecule has 0 radical (unpaired) electrons. The second kappa shape index (κ2) is 8.51. The van der Waals surface area contributed by atoms with Gasteiger partial charge in [0.15, 0.2) is 5.82 Å². The molecule has 1 aromatic carbocycles. The predicted octanol–water partition coefficient (Wildman–Crippen LogP) is 4.25. The van der Waals surface area contributed by atoms with Crippen LogP contribution in [-0.2, 0) is 16.1 Å². The number of aromatic nitrogens is 2. The molecule has 2 fully saturated rings. The first-order valence-corrected chi connectivity index (χ1v) is 11.1. The van der Waals surface area contributed by atoms with E-state index in [1.165, 1.54) is 25.7 Å². The fraction of sp³-hybridized carbons (Fsp3) is 0.619. The Kier molecular flexibility index (Phi) is 6.04. The molecule has 2 aromatic rings. The topological polar surface area (TPSA) is 76.4 Å². The van der Waals surface area contributed by atoms with Gasteiger partial charge in [-0.25, -0.2) is 0 Å². The minimum Gasteiger partial charge on any atom is -0.385 e. The lowest BCUT2D eigenvalue weighted by molar-refractivity contribution is -0.182. The van der Waals surface area contributed by atoms with Gasteiger partial charge in [0.25, 0.3) is 0 Å². The van der Waals surface area contributed by atoms with Crippen molar-refractivity contribution in [1.29, 1.82) is 0 Å². The molecule has 152 valence electrons. The van der Waals surface area contributed by atoms with Crippen LogP contribution in [-0.4, -0.2) is 39.6 Å². The lowest BCUT2D eigenvalue weighted by Gasteiger charge is -2.36. The number of hydrogen-bond donors (Lipinski definition) is 2. The minimum absolute atomic E-state index is 0.0419. The van der Waals surface area contributed by atoms with E-state index >= 15 is 0 Å². The van der Waals surface area contributed by atoms with Crippen molar-refractivity contribution in [2.45, 2.75) is 63.5 Å². The summed E-state index contributed by atoms with van der Waals surface area (Å²) in [5, 5.41) is 18.9. The van der Waals surface area contributed by atoms with Crippen LogP contribution in [0.4, 0.5) is 5.82 Å². The van der Waals surface area contributed by atoms with Crippen LogP contribution < -0.4 is 5.32 Å². The number of carbonyl (C=O) groups is 1. The van der Waals surface area contributed by atoms with E-state index in [-0.39, 0.29) is 5.91 Å². The zero-order chi connectivity index (χ0) is 19.6. The number of nitrogens with zero attached hydrogens (tertiary/aromatic N) is 2. The Hall–Kier alpha value is -1.44. The molecular weight excluding hydrogens is 422 g/mol. The summed E-state index contributed by atoms with van der Waals surface area (Å²) in [6, 6.07) is 5.92. The summed E-state index contributed by atoms with van der Waals surface area (Å²) in [5.41, 5.74) is 0.190. The van der Waals surface area contributed by atoms with Gasteiger partial charge in [-0.05, 0) is 46.8 Å². The fourth-order valence-electron chi connectivity index (χ4n) is 4.25. The Balaban J connectivity index is 1.50. The molecule has 1 aliphatic carbocycles. The number of rotatable bonds is 6. The average Bonchev–Trinajstić information content (AvgIpc) is 2.81. The van der Waals surface area contributed by atoms with Gasteiger partial charge >= 0.3 is 0 Å². The lowest BCUT2D eigenvalue weighted by Crippen LogP contribution is -2.50. The summed E-state index contributed by atoms with van der Waals surface area (Å²) < 4.78 is 7.91. The molecule has 0 spiro atoms. The molecule has 2 aliphatic rings. The molecule has 1 saturated carbocycles. The lowest BCUT2D eigenvalue weighted by atomic mass is 9.96. The number of anilines is 1. The quantitative estimate of drug-likeness (QED) is 0.646. The number of benzene rings is 1. The van der Waals surface area contributed by atoms with Gasteiger partial charge in [0, 0.05) is 23.9 Å². The number of nitrogens with one attached hydrogen (secondary N) is 1. The van der Waals surface area contributed by atoms with E-state index in [4.69, 9.17) is 4.74 Å². The maximum Gasteiger partial charge on any atom is 0.225 e. The van der Waals surface area contributed by atoms with Crippen molar-refractivity contribution >= 4 is 38.6 Å². The Labute approximate surface area is 173 Å². The van der Waals surface area contributed by atoms with E-state index in [0.29, 0.717) is 44.3 Å². The number of aryl methyl sites for hydroxylation is 1. The van der Waals surface area contributed by atoms with Crippen LogP contribution >= 0.6 is 15.9 Å². The minimum atomic E-state index is -0.757. The second-order valence-electron chi connectivity index (χ2n) is 8.28. The van der Waals surface area contributed by atoms with Crippen LogP contribution in [0.3, 0.4) is 0 Å². The van der Waals surface area contributed by atoms with Crippen molar-refractivity contribution in [3.05, 3.63) is 22.7 Å². The third kappa shape index (κ3) is 4.42. The molecule has 6 nitrogen and oxygen atoms in total. The first kappa shape index (κ1) is 19.9. The van der Waals surface area contributed by atoms with Crippen molar-refractivity contribution in [2.24, 2.45) is 5.92 Å². The Bertz CT molecular complexity index is 839. The molecule has 2 N–H and O–H groups in total. The molecule has 2 heterocycles. The van der Waals surface area contributed by atoms with E-state index in [9.17, 15) is 9.90 Å². The number of hydrogen-bond acceptors (Lipinski definition) is 4. The smallest absolute Gasteiger partial charge is 0.225 e. The summed E-state index contributed by atoms with van der Waals surface area (Å²) in [5.74, 6) is 1.12. The molecule has 0 unspecified atom stereocenters. The molecule has 28 heavy (non-hydrogen) atoms. The van der Waals surface area contributed by atoms with Gasteiger partial charge in [0.2, 0.25) is 5.91 Å². The third-order valence-corrected chi connectivity index (χ3v) is 6.63. The molecular formula is C21H28BrN3O3. The number of fused-ring (bicyclic) bond motifs is 1. The zero-order valence-corrected chi connectivity index (χ0v) is 17.7. The van der Waals surface area contributed by atoms with Crippen molar-refractivity contribution < 1.29 is 14.6 Å². The highest BCUT2D eigenvalue weighted by Gasteiger charge is 2.35. The van der Waals surface area contributed by atoms with Crippen LogP contribution in [0.1, 0.15) is 51.4 Å². The Morgan fingerprint density at radius 2 is 2.04 bits per heavy atom. The molecule has 1 aromatic heterocycles. The molecule has 1 aliphatic heterocycles. The van der Waals surface area contributed by atoms with E-state index in [1.807, 2.05) is 22.9 Å². The highest BCUT2D eigenvalue weighted by molar-refractivity contribution is 9.10. The molecule has 0 bridgehead atoms. The summed E-state index contributed by atoms with van der Waals surface area (Å²) in [6.07, 6.45) is 8.47. The Morgan fingerprint density at radius 3 is 2.71 bits per heavy atom. The van der Waals surface area contributed by atoms with Gasteiger partial charge in [0.05, 0.1) is 24.1 Å². The van der Waals surface area contributed by atoms with Crippen LogP contribution in [0.15, 0.2) is 22.7 Å². The van der Waals surface area contributed by atoms with Crippen molar-refractivity contribution in [1.82, 2.24) is 9.78 Å². The maximum absolute atomic E-state index is 12.7. The first-order valence-electron chi connectivity index (χ1n) is 10.3. The van der Waals surface area contributed by atoms with Gasteiger partial charge in [-0.1, -0.05) is 31.7 Å². The highest BCUT2D eigenvalue weighted by atomic mass is 79.9. The number of aliphatic hydroxyl groups is 1. The van der Waals surface area contributed by atoms with Gasteiger partial charge < -0.3 is 15.2 Å². The van der Waals surface area contributed by atoms with Crippen LogP contribution in [0, 0.1) is 5.92 Å². The monoisotopic (exact) mass is 449 g/mol. The zero-order valence-electron chi connectivity index (χ0n) is 16.1. The third-order valence-electron chi connectivity index (χ3n) is 5.96. The fourth-order valence-corrected chi connectivity index (χ4v) is 4.80. The summed E-state index contributed by atoms with van der Waals surface area (Å²) in [7, 11) is 0. The summed E-state index contributed by atoms with van der Waals surface area (Å²) in [4.78, 5) is 12.7. The molecule has 0 atom stereocenters. The van der Waals surface area contributed by atoms with Gasteiger partial charge in [0.1, 0.15) is 5.60 Å². The van der Waals surface area contributed by atoms with E-state index < -0.39 is 5.60 Å². The van der Waals surface area contributed by atoms with Crippen molar-refractivity contribution in [3.8, 4) is 0 Å². The first-order chi connectivity index (χ1) is 13.5. The second-order valence-corrected chi connectivity index (χ2v) is 9.14. The normalized spacial score (nSPS) is 19.9. The van der Waals surface area contributed by atoms with Gasteiger partial charge in [-0.15, -0.1) is 0 Å². The average molecular weight is 450 g/mol. The predicted molar refractivity (Wildman–Crippen MR) is 112 cm³/mol. The molecule has 4 rings (SSSR count). The SMILES string of the molecule is O=C(CC1CCCCCC1)Nc1nn(CCC2(O)COC2)c2cccc(Br)c12. The molecule has 7 heteroatoms. The summed E-state index contributed by atoms with van der Waals surface area (Å²) >= 11 is 3.60. The van der Waals surface area contributed by atoms with Crippen LogP contribution in [0.25, 0.3) is 10.9 Å². The van der Waals surface area contributed by atoms with Crippen LogP contribution in [0.2, 0.25) is 0 Å².